The molecule has 0 saturated carbocycles. The summed E-state index contributed by atoms with van der Waals surface area (Å²) in [5, 5.41) is 3.08. The quantitative estimate of drug-likeness (QED) is 0.826. The van der Waals surface area contributed by atoms with Gasteiger partial charge in [-0.15, -0.1) is 0 Å². The molecule has 2 aliphatic rings. The molecule has 1 aromatic rings. The van der Waals surface area contributed by atoms with Crippen molar-refractivity contribution in [2.75, 3.05) is 44.6 Å². The number of carbonyl (C=O) groups is 2. The van der Waals surface area contributed by atoms with Crippen LogP contribution in [0, 0.1) is 13.8 Å². The smallest absolute Gasteiger partial charge is 0.241 e. The van der Waals surface area contributed by atoms with Crippen molar-refractivity contribution in [3.8, 4) is 0 Å². The van der Waals surface area contributed by atoms with E-state index in [1.807, 2.05) is 32.9 Å². The van der Waals surface area contributed by atoms with Gasteiger partial charge < -0.3 is 10.2 Å². The van der Waals surface area contributed by atoms with Gasteiger partial charge in [0, 0.05) is 44.5 Å². The number of anilines is 1. The molecule has 2 fully saturated rings. The van der Waals surface area contributed by atoms with Crippen LogP contribution in [0.15, 0.2) is 18.2 Å². The molecule has 2 aliphatic heterocycles. The largest absolute Gasteiger partial charge is 0.339 e. The number of likely N-dealkylation sites (tertiary alicyclic amines) is 1. The van der Waals surface area contributed by atoms with Gasteiger partial charge in [-0.05, 0) is 64.2 Å². The van der Waals surface area contributed by atoms with Crippen LogP contribution in [0.1, 0.15) is 44.2 Å². The molecule has 0 spiro atoms. The second-order valence-corrected chi connectivity index (χ2v) is 8.73. The first-order valence-electron chi connectivity index (χ1n) is 11.0. The average molecular weight is 401 g/mol. The fourth-order valence-corrected chi connectivity index (χ4v) is 4.33. The highest BCUT2D eigenvalue weighted by Gasteiger charge is 2.29. The van der Waals surface area contributed by atoms with Crippen molar-refractivity contribution in [1.82, 2.24) is 14.7 Å². The maximum Gasteiger partial charge on any atom is 0.241 e. The van der Waals surface area contributed by atoms with Gasteiger partial charge in [0.2, 0.25) is 11.8 Å². The summed E-state index contributed by atoms with van der Waals surface area (Å²) in [7, 11) is 0. The van der Waals surface area contributed by atoms with Crippen LogP contribution in [0.3, 0.4) is 0 Å². The topological polar surface area (TPSA) is 55.9 Å². The summed E-state index contributed by atoms with van der Waals surface area (Å²) < 4.78 is 0. The maximum atomic E-state index is 12.7. The Morgan fingerprint density at radius 2 is 1.83 bits per heavy atom. The summed E-state index contributed by atoms with van der Waals surface area (Å²) in [6, 6.07) is 6.29. The zero-order valence-corrected chi connectivity index (χ0v) is 18.4. The summed E-state index contributed by atoms with van der Waals surface area (Å²) in [5.74, 6) is 0.289. The first kappa shape index (κ1) is 21.8. The number of hydrogen-bond donors (Lipinski definition) is 1. The molecule has 160 valence electrons. The van der Waals surface area contributed by atoms with Crippen LogP contribution in [0.5, 0.6) is 0 Å². The SMILES string of the molecule is Cc1ccc(C)c(NC(=O)C(C)N2CCN(CC(=O)N3CCCCC3C)CC2)c1. The molecule has 1 aromatic carbocycles. The Kier molecular flexibility index (Phi) is 7.30. The van der Waals surface area contributed by atoms with Crippen LogP contribution < -0.4 is 5.32 Å². The van der Waals surface area contributed by atoms with E-state index in [9.17, 15) is 9.59 Å². The summed E-state index contributed by atoms with van der Waals surface area (Å²) in [6.07, 6.45) is 3.47. The number of carbonyl (C=O) groups excluding carboxylic acids is 2. The van der Waals surface area contributed by atoms with Crippen LogP contribution in [0.2, 0.25) is 0 Å². The molecule has 3 rings (SSSR count). The Labute approximate surface area is 175 Å². The molecule has 6 heteroatoms. The summed E-state index contributed by atoms with van der Waals surface area (Å²) in [4.78, 5) is 31.9. The second-order valence-electron chi connectivity index (χ2n) is 8.73. The Hall–Kier alpha value is -1.92. The predicted molar refractivity (Wildman–Crippen MR) is 117 cm³/mol. The molecule has 2 unspecified atom stereocenters. The van der Waals surface area contributed by atoms with Crippen molar-refractivity contribution >= 4 is 17.5 Å². The number of rotatable bonds is 5. The molecule has 0 radical (unpaired) electrons. The lowest BCUT2D eigenvalue weighted by molar-refractivity contribution is -0.136. The van der Waals surface area contributed by atoms with E-state index in [1.54, 1.807) is 0 Å². The van der Waals surface area contributed by atoms with Gasteiger partial charge in [0.05, 0.1) is 12.6 Å². The number of piperazine rings is 1. The third kappa shape index (κ3) is 5.58. The normalized spacial score (nSPS) is 22.3. The fraction of sp³-hybridized carbons (Fsp3) is 0.652. The van der Waals surface area contributed by atoms with E-state index in [1.165, 1.54) is 6.42 Å². The summed E-state index contributed by atoms with van der Waals surface area (Å²) >= 11 is 0. The van der Waals surface area contributed by atoms with Gasteiger partial charge >= 0.3 is 0 Å². The first-order valence-corrected chi connectivity index (χ1v) is 11.0. The summed E-state index contributed by atoms with van der Waals surface area (Å²) in [5.41, 5.74) is 3.10. The van der Waals surface area contributed by atoms with Gasteiger partial charge in [0.15, 0.2) is 0 Å². The molecule has 2 amide bonds. The molecule has 0 aliphatic carbocycles. The zero-order chi connectivity index (χ0) is 21.0. The molecular weight excluding hydrogens is 364 g/mol. The highest BCUT2D eigenvalue weighted by Crippen LogP contribution is 2.19. The van der Waals surface area contributed by atoms with Crippen LogP contribution in [0.25, 0.3) is 0 Å². The lowest BCUT2D eigenvalue weighted by Gasteiger charge is -2.39. The number of hydrogen-bond acceptors (Lipinski definition) is 4. The Balaban J connectivity index is 1.47. The third-order valence-corrected chi connectivity index (χ3v) is 6.47. The molecule has 2 saturated heterocycles. The van der Waals surface area contributed by atoms with Crippen molar-refractivity contribution < 1.29 is 9.59 Å². The molecule has 2 heterocycles. The molecule has 29 heavy (non-hydrogen) atoms. The van der Waals surface area contributed by atoms with Gasteiger partial charge in [0.25, 0.3) is 0 Å². The lowest BCUT2D eigenvalue weighted by atomic mass is 10.0. The molecular formula is C23H36N4O2. The highest BCUT2D eigenvalue weighted by atomic mass is 16.2. The minimum Gasteiger partial charge on any atom is -0.339 e. The van der Waals surface area contributed by atoms with Crippen molar-refractivity contribution in [2.24, 2.45) is 0 Å². The number of nitrogens with zero attached hydrogens (tertiary/aromatic N) is 3. The number of aryl methyl sites for hydroxylation is 2. The van der Waals surface area contributed by atoms with Crippen molar-refractivity contribution in [2.45, 2.75) is 59.0 Å². The minimum absolute atomic E-state index is 0.0327. The van der Waals surface area contributed by atoms with Gasteiger partial charge in [-0.2, -0.15) is 0 Å². The van der Waals surface area contributed by atoms with E-state index in [-0.39, 0.29) is 17.9 Å². The van der Waals surface area contributed by atoms with Crippen LogP contribution in [-0.4, -0.2) is 77.9 Å². The van der Waals surface area contributed by atoms with E-state index in [2.05, 4.69) is 33.0 Å². The average Bonchev–Trinajstić information content (AvgIpc) is 2.71. The Bertz CT molecular complexity index is 728. The number of piperidine rings is 1. The van der Waals surface area contributed by atoms with Crippen LogP contribution in [-0.2, 0) is 9.59 Å². The highest BCUT2D eigenvalue weighted by molar-refractivity contribution is 5.95. The zero-order valence-electron chi connectivity index (χ0n) is 18.4. The maximum absolute atomic E-state index is 12.7. The molecule has 0 aromatic heterocycles. The van der Waals surface area contributed by atoms with Gasteiger partial charge in [-0.25, -0.2) is 0 Å². The van der Waals surface area contributed by atoms with Crippen molar-refractivity contribution in [3.63, 3.8) is 0 Å². The lowest BCUT2D eigenvalue weighted by Crippen LogP contribution is -2.55. The van der Waals surface area contributed by atoms with Crippen LogP contribution >= 0.6 is 0 Å². The van der Waals surface area contributed by atoms with Crippen molar-refractivity contribution in [3.05, 3.63) is 29.3 Å². The van der Waals surface area contributed by atoms with Gasteiger partial charge in [0.1, 0.15) is 0 Å². The van der Waals surface area contributed by atoms with E-state index >= 15 is 0 Å². The van der Waals surface area contributed by atoms with Gasteiger partial charge in [-0.1, -0.05) is 12.1 Å². The minimum atomic E-state index is -0.185. The Morgan fingerprint density at radius 3 is 2.52 bits per heavy atom. The van der Waals surface area contributed by atoms with Crippen molar-refractivity contribution in [1.29, 1.82) is 0 Å². The molecule has 0 bridgehead atoms. The number of amides is 2. The molecule has 1 N–H and O–H groups in total. The Morgan fingerprint density at radius 1 is 1.10 bits per heavy atom. The van der Waals surface area contributed by atoms with Crippen LogP contribution in [0.4, 0.5) is 5.69 Å². The monoisotopic (exact) mass is 400 g/mol. The summed E-state index contributed by atoms with van der Waals surface area (Å²) in [6.45, 7) is 12.8. The van der Waals surface area contributed by atoms with Gasteiger partial charge in [-0.3, -0.25) is 19.4 Å². The predicted octanol–water partition coefficient (Wildman–Crippen LogP) is 2.65. The number of nitrogens with one attached hydrogen (secondary N) is 1. The molecule has 2 atom stereocenters. The van der Waals surface area contributed by atoms with E-state index in [0.717, 1.165) is 62.4 Å². The van der Waals surface area contributed by atoms with E-state index in [4.69, 9.17) is 0 Å². The molecule has 6 nitrogen and oxygen atoms in total. The number of benzene rings is 1. The standard InChI is InChI=1S/C23H36N4O2/c1-17-8-9-18(2)21(15-17)24-23(29)20(4)26-13-11-25(12-14-26)16-22(28)27-10-6-5-7-19(27)3/h8-9,15,19-20H,5-7,10-14,16H2,1-4H3,(H,24,29). The van der Waals surface area contributed by atoms with E-state index in [0.29, 0.717) is 12.6 Å². The van der Waals surface area contributed by atoms with E-state index < -0.39 is 0 Å². The first-order chi connectivity index (χ1) is 13.8. The third-order valence-electron chi connectivity index (χ3n) is 6.47. The second kappa shape index (κ2) is 9.72. The fourth-order valence-electron chi connectivity index (χ4n) is 4.33.